The highest BCUT2D eigenvalue weighted by Crippen LogP contribution is 2.24. The van der Waals surface area contributed by atoms with Crippen molar-refractivity contribution in [1.82, 2.24) is 5.32 Å². The Morgan fingerprint density at radius 2 is 1.64 bits per heavy atom. The van der Waals surface area contributed by atoms with Crippen LogP contribution in [-0.4, -0.2) is 19.1 Å². The van der Waals surface area contributed by atoms with Crippen molar-refractivity contribution in [3.8, 4) is 0 Å². The van der Waals surface area contributed by atoms with Gasteiger partial charge in [0.2, 0.25) is 0 Å². The van der Waals surface area contributed by atoms with Crippen LogP contribution in [0, 0.1) is 12.7 Å². The molecule has 1 saturated heterocycles. The van der Waals surface area contributed by atoms with E-state index in [1.165, 1.54) is 11.3 Å². The first kappa shape index (κ1) is 15.0. The predicted octanol–water partition coefficient (Wildman–Crippen LogP) is 3.89. The van der Waals surface area contributed by atoms with Crippen LogP contribution >= 0.6 is 0 Å². The monoisotopic (exact) mass is 298 g/mol. The highest BCUT2D eigenvalue weighted by atomic mass is 19.1. The summed E-state index contributed by atoms with van der Waals surface area (Å²) in [5.74, 6) is -0.174. The van der Waals surface area contributed by atoms with E-state index >= 15 is 0 Å². The molecule has 3 heteroatoms. The molecule has 0 spiro atoms. The molecule has 116 valence electrons. The van der Waals surface area contributed by atoms with Crippen LogP contribution in [0.5, 0.6) is 0 Å². The third-order valence-corrected chi connectivity index (χ3v) is 4.38. The number of nitrogens with zero attached hydrogens (tertiary/aromatic N) is 1. The van der Waals surface area contributed by atoms with Gasteiger partial charge in [-0.25, -0.2) is 4.39 Å². The largest absolute Gasteiger partial charge is 0.364 e. The second-order valence-electron chi connectivity index (χ2n) is 6.07. The van der Waals surface area contributed by atoms with E-state index in [1.54, 1.807) is 12.1 Å². The van der Waals surface area contributed by atoms with E-state index in [0.29, 0.717) is 6.04 Å². The molecule has 2 aromatic rings. The highest BCUT2D eigenvalue weighted by molar-refractivity contribution is 5.49. The molecule has 2 nitrogen and oxygen atoms in total. The lowest BCUT2D eigenvalue weighted by atomic mass is 10.0. The molecule has 1 heterocycles. The molecule has 0 aromatic heterocycles. The van der Waals surface area contributed by atoms with Gasteiger partial charge in [-0.3, -0.25) is 0 Å². The van der Waals surface area contributed by atoms with Crippen molar-refractivity contribution in [1.29, 1.82) is 0 Å². The fourth-order valence-corrected chi connectivity index (χ4v) is 3.07. The van der Waals surface area contributed by atoms with Gasteiger partial charge in [0, 0.05) is 18.3 Å². The summed E-state index contributed by atoms with van der Waals surface area (Å²) in [4.78, 5) is 2.47. The van der Waals surface area contributed by atoms with Gasteiger partial charge < -0.3 is 10.2 Å². The minimum Gasteiger partial charge on any atom is -0.364 e. The second-order valence-corrected chi connectivity index (χ2v) is 6.07. The summed E-state index contributed by atoms with van der Waals surface area (Å²) in [6, 6.07) is 16.1. The van der Waals surface area contributed by atoms with Crippen LogP contribution in [0.15, 0.2) is 48.5 Å². The summed E-state index contributed by atoms with van der Waals surface area (Å²) in [5, 5.41) is 3.43. The summed E-state index contributed by atoms with van der Waals surface area (Å²) in [7, 11) is 0. The van der Waals surface area contributed by atoms with Crippen molar-refractivity contribution in [3.05, 3.63) is 65.5 Å². The Balaban J connectivity index is 1.84. The van der Waals surface area contributed by atoms with Crippen LogP contribution in [-0.2, 0) is 6.54 Å². The van der Waals surface area contributed by atoms with E-state index in [4.69, 9.17) is 0 Å². The molecule has 1 aliphatic rings. The molecule has 3 rings (SSSR count). The van der Waals surface area contributed by atoms with Gasteiger partial charge in [-0.05, 0) is 62.7 Å². The number of halogens is 1. The number of anilines is 1. The lowest BCUT2D eigenvalue weighted by Gasteiger charge is -2.36. The lowest BCUT2D eigenvalue weighted by molar-refractivity contribution is 0.428. The topological polar surface area (TPSA) is 15.3 Å². The Morgan fingerprint density at radius 1 is 1.00 bits per heavy atom. The molecule has 0 amide bonds. The van der Waals surface area contributed by atoms with Crippen LogP contribution < -0.4 is 10.2 Å². The predicted molar refractivity (Wildman–Crippen MR) is 89.7 cm³/mol. The van der Waals surface area contributed by atoms with E-state index in [9.17, 15) is 4.39 Å². The number of piperidine rings is 1. The average Bonchev–Trinajstić information content (AvgIpc) is 2.56. The van der Waals surface area contributed by atoms with E-state index in [-0.39, 0.29) is 5.82 Å². The first-order chi connectivity index (χ1) is 10.7. The zero-order valence-corrected chi connectivity index (χ0v) is 13.1. The van der Waals surface area contributed by atoms with Crippen LogP contribution in [0.1, 0.15) is 24.0 Å². The SMILES string of the molecule is Cc1ccc(N(Cc2ccc(F)cc2)C2CCNCC2)cc1. The standard InChI is InChI=1S/C19H23FN2/c1-15-2-8-18(9-3-15)22(19-10-12-21-13-11-19)14-16-4-6-17(20)7-5-16/h2-9,19,21H,10-14H2,1H3. The maximum absolute atomic E-state index is 13.1. The first-order valence-electron chi connectivity index (χ1n) is 8.01. The molecule has 0 atom stereocenters. The summed E-state index contributed by atoms with van der Waals surface area (Å²) >= 11 is 0. The average molecular weight is 298 g/mol. The van der Waals surface area contributed by atoms with Gasteiger partial charge in [-0.15, -0.1) is 0 Å². The van der Waals surface area contributed by atoms with Crippen molar-refractivity contribution in [2.75, 3.05) is 18.0 Å². The molecule has 1 N–H and O–H groups in total. The molecule has 1 fully saturated rings. The lowest BCUT2D eigenvalue weighted by Crippen LogP contribution is -2.43. The Hall–Kier alpha value is -1.87. The van der Waals surface area contributed by atoms with Crippen molar-refractivity contribution in [2.24, 2.45) is 0 Å². The van der Waals surface area contributed by atoms with E-state index in [0.717, 1.165) is 38.0 Å². The maximum Gasteiger partial charge on any atom is 0.123 e. The van der Waals surface area contributed by atoms with Crippen LogP contribution in [0.2, 0.25) is 0 Å². The maximum atomic E-state index is 13.1. The summed E-state index contributed by atoms with van der Waals surface area (Å²) in [6.07, 6.45) is 2.30. The van der Waals surface area contributed by atoms with Gasteiger partial charge in [-0.2, -0.15) is 0 Å². The van der Waals surface area contributed by atoms with E-state index in [1.807, 2.05) is 12.1 Å². The molecule has 1 aliphatic heterocycles. The number of aryl methyl sites for hydroxylation is 1. The quantitative estimate of drug-likeness (QED) is 0.921. The molecular formula is C19H23FN2. The first-order valence-corrected chi connectivity index (χ1v) is 8.01. The zero-order valence-electron chi connectivity index (χ0n) is 13.1. The fourth-order valence-electron chi connectivity index (χ4n) is 3.07. The number of rotatable bonds is 4. The Kier molecular flexibility index (Phi) is 4.74. The Labute approximate surface area is 132 Å². The van der Waals surface area contributed by atoms with Gasteiger partial charge in [0.05, 0.1) is 0 Å². The van der Waals surface area contributed by atoms with E-state index < -0.39 is 0 Å². The van der Waals surface area contributed by atoms with E-state index in [2.05, 4.69) is 41.4 Å². The normalized spacial score (nSPS) is 15.7. The number of hydrogen-bond donors (Lipinski definition) is 1. The minimum absolute atomic E-state index is 0.174. The number of nitrogens with one attached hydrogen (secondary N) is 1. The fraction of sp³-hybridized carbons (Fsp3) is 0.368. The van der Waals surface area contributed by atoms with Crippen molar-refractivity contribution >= 4 is 5.69 Å². The molecule has 0 unspecified atom stereocenters. The van der Waals surface area contributed by atoms with Crippen molar-refractivity contribution in [2.45, 2.75) is 32.4 Å². The highest BCUT2D eigenvalue weighted by Gasteiger charge is 2.21. The molecular weight excluding hydrogens is 275 g/mol. The van der Waals surface area contributed by atoms with Crippen LogP contribution in [0.3, 0.4) is 0 Å². The smallest absolute Gasteiger partial charge is 0.123 e. The van der Waals surface area contributed by atoms with Gasteiger partial charge in [0.25, 0.3) is 0 Å². The summed E-state index contributed by atoms with van der Waals surface area (Å²) < 4.78 is 13.1. The summed E-state index contributed by atoms with van der Waals surface area (Å²) in [5.41, 5.74) is 3.68. The third-order valence-electron chi connectivity index (χ3n) is 4.38. The number of benzene rings is 2. The molecule has 22 heavy (non-hydrogen) atoms. The van der Waals surface area contributed by atoms with Gasteiger partial charge in [0.15, 0.2) is 0 Å². The van der Waals surface area contributed by atoms with Crippen LogP contribution in [0.4, 0.5) is 10.1 Å². The molecule has 0 aliphatic carbocycles. The third kappa shape index (κ3) is 3.66. The molecule has 0 radical (unpaired) electrons. The molecule has 0 saturated carbocycles. The van der Waals surface area contributed by atoms with Gasteiger partial charge in [-0.1, -0.05) is 29.8 Å². The van der Waals surface area contributed by atoms with Crippen LogP contribution in [0.25, 0.3) is 0 Å². The number of hydrogen-bond acceptors (Lipinski definition) is 2. The minimum atomic E-state index is -0.174. The van der Waals surface area contributed by atoms with Crippen molar-refractivity contribution < 1.29 is 4.39 Å². The summed E-state index contributed by atoms with van der Waals surface area (Å²) in [6.45, 7) is 5.07. The zero-order chi connectivity index (χ0) is 15.4. The van der Waals surface area contributed by atoms with Crippen molar-refractivity contribution in [3.63, 3.8) is 0 Å². The molecule has 2 aromatic carbocycles. The Morgan fingerprint density at radius 3 is 2.27 bits per heavy atom. The molecule has 0 bridgehead atoms. The van der Waals surface area contributed by atoms with Gasteiger partial charge >= 0.3 is 0 Å². The Bertz CT molecular complexity index is 586. The second kappa shape index (κ2) is 6.93. The van der Waals surface area contributed by atoms with Gasteiger partial charge in [0.1, 0.15) is 5.82 Å².